The number of rotatable bonds is 5. The molecule has 0 amide bonds. The minimum atomic E-state index is -0.236. The molecule has 0 aliphatic carbocycles. The Hall–Kier alpha value is -1.94. The van der Waals surface area contributed by atoms with Crippen LogP contribution in [0.1, 0.15) is 24.1 Å². The van der Waals surface area contributed by atoms with E-state index in [-0.39, 0.29) is 11.9 Å². The lowest BCUT2D eigenvalue weighted by Crippen LogP contribution is -2.18. The van der Waals surface area contributed by atoms with E-state index >= 15 is 0 Å². The molecule has 100 valence electrons. The second kappa shape index (κ2) is 6.29. The maximum absolute atomic E-state index is 13.0. The zero-order valence-electron chi connectivity index (χ0n) is 11.1. The lowest BCUT2D eigenvalue weighted by molar-refractivity contribution is 0.338. The summed E-state index contributed by atoms with van der Waals surface area (Å²) in [4.78, 5) is 4.18. The van der Waals surface area contributed by atoms with Gasteiger partial charge in [0, 0.05) is 6.20 Å². The van der Waals surface area contributed by atoms with Gasteiger partial charge in [-0.25, -0.2) is 4.39 Å². The van der Waals surface area contributed by atoms with Gasteiger partial charge in [-0.3, -0.25) is 4.98 Å². The highest BCUT2D eigenvalue weighted by atomic mass is 19.1. The van der Waals surface area contributed by atoms with Crippen LogP contribution in [0.25, 0.3) is 0 Å². The van der Waals surface area contributed by atoms with E-state index in [9.17, 15) is 4.39 Å². The standard InChI is InChI=1S/C15H17FN2O/c1-3-19-14-8-12(9-18-10-14)15(17-2)11-4-6-13(16)7-5-11/h4-10,15,17H,3H2,1-2H3. The summed E-state index contributed by atoms with van der Waals surface area (Å²) in [7, 11) is 1.86. The molecular formula is C15H17FN2O. The Morgan fingerprint density at radius 1 is 1.21 bits per heavy atom. The molecule has 3 nitrogen and oxygen atoms in total. The largest absolute Gasteiger partial charge is 0.492 e. The molecule has 1 aromatic carbocycles. The number of benzene rings is 1. The lowest BCUT2D eigenvalue weighted by Gasteiger charge is -2.17. The molecule has 0 fully saturated rings. The van der Waals surface area contributed by atoms with Crippen molar-refractivity contribution in [2.24, 2.45) is 0 Å². The van der Waals surface area contributed by atoms with Crippen molar-refractivity contribution in [3.63, 3.8) is 0 Å². The second-order valence-corrected chi connectivity index (χ2v) is 4.16. The van der Waals surface area contributed by atoms with E-state index in [2.05, 4.69) is 10.3 Å². The quantitative estimate of drug-likeness (QED) is 0.897. The van der Waals surface area contributed by atoms with Crippen molar-refractivity contribution in [3.8, 4) is 5.75 Å². The van der Waals surface area contributed by atoms with Crippen LogP contribution in [0.5, 0.6) is 5.75 Å². The lowest BCUT2D eigenvalue weighted by atomic mass is 10.0. The van der Waals surface area contributed by atoms with Gasteiger partial charge in [0.2, 0.25) is 0 Å². The zero-order chi connectivity index (χ0) is 13.7. The highest BCUT2D eigenvalue weighted by Crippen LogP contribution is 2.24. The van der Waals surface area contributed by atoms with E-state index in [1.165, 1.54) is 12.1 Å². The second-order valence-electron chi connectivity index (χ2n) is 4.16. The van der Waals surface area contributed by atoms with Crippen molar-refractivity contribution in [2.75, 3.05) is 13.7 Å². The molecule has 0 saturated heterocycles. The fourth-order valence-corrected chi connectivity index (χ4v) is 2.02. The van der Waals surface area contributed by atoms with Crippen molar-refractivity contribution in [1.29, 1.82) is 0 Å². The van der Waals surface area contributed by atoms with E-state index in [0.29, 0.717) is 6.61 Å². The van der Waals surface area contributed by atoms with Gasteiger partial charge in [0.25, 0.3) is 0 Å². The first-order valence-electron chi connectivity index (χ1n) is 6.25. The van der Waals surface area contributed by atoms with Crippen LogP contribution in [-0.2, 0) is 0 Å². The van der Waals surface area contributed by atoms with Crippen LogP contribution in [-0.4, -0.2) is 18.6 Å². The number of nitrogens with zero attached hydrogens (tertiary/aromatic N) is 1. The van der Waals surface area contributed by atoms with Gasteiger partial charge in [0.15, 0.2) is 0 Å². The Balaban J connectivity index is 2.30. The molecule has 2 rings (SSSR count). The molecule has 0 aliphatic rings. The van der Waals surface area contributed by atoms with Crippen molar-refractivity contribution in [3.05, 3.63) is 59.7 Å². The summed E-state index contributed by atoms with van der Waals surface area (Å²) in [5.41, 5.74) is 1.97. The molecule has 0 spiro atoms. The normalized spacial score (nSPS) is 12.2. The third-order valence-electron chi connectivity index (χ3n) is 2.87. The molecule has 1 aromatic heterocycles. The molecule has 0 saturated carbocycles. The molecule has 1 N–H and O–H groups in total. The number of nitrogens with one attached hydrogen (secondary N) is 1. The van der Waals surface area contributed by atoms with Gasteiger partial charge < -0.3 is 10.1 Å². The topological polar surface area (TPSA) is 34.1 Å². The maximum atomic E-state index is 13.0. The van der Waals surface area contributed by atoms with E-state index in [1.54, 1.807) is 24.5 Å². The van der Waals surface area contributed by atoms with E-state index in [4.69, 9.17) is 4.74 Å². The first-order chi connectivity index (χ1) is 9.24. The van der Waals surface area contributed by atoms with Crippen LogP contribution >= 0.6 is 0 Å². The summed E-state index contributed by atoms with van der Waals surface area (Å²) >= 11 is 0. The van der Waals surface area contributed by atoms with Crippen LogP contribution in [0.3, 0.4) is 0 Å². The maximum Gasteiger partial charge on any atom is 0.137 e. The van der Waals surface area contributed by atoms with Gasteiger partial charge in [-0.15, -0.1) is 0 Å². The molecule has 4 heteroatoms. The van der Waals surface area contributed by atoms with Crippen LogP contribution in [0.4, 0.5) is 4.39 Å². The molecule has 1 unspecified atom stereocenters. The van der Waals surface area contributed by atoms with E-state index < -0.39 is 0 Å². The Kier molecular flexibility index (Phi) is 4.47. The SMILES string of the molecule is CCOc1cncc(C(NC)c2ccc(F)cc2)c1. The zero-order valence-corrected chi connectivity index (χ0v) is 11.1. The molecule has 1 heterocycles. The van der Waals surface area contributed by atoms with Crippen molar-refractivity contribution >= 4 is 0 Å². The summed E-state index contributed by atoms with van der Waals surface area (Å²) in [6, 6.07) is 8.36. The van der Waals surface area contributed by atoms with Gasteiger partial charge in [0.1, 0.15) is 11.6 Å². The third-order valence-corrected chi connectivity index (χ3v) is 2.87. The van der Waals surface area contributed by atoms with E-state index in [1.807, 2.05) is 20.0 Å². The molecular weight excluding hydrogens is 243 g/mol. The number of pyridine rings is 1. The number of halogens is 1. The van der Waals surface area contributed by atoms with Crippen LogP contribution in [0.2, 0.25) is 0 Å². The summed E-state index contributed by atoms with van der Waals surface area (Å²) in [6.07, 6.45) is 3.47. The fraction of sp³-hybridized carbons (Fsp3) is 0.267. The van der Waals surface area contributed by atoms with Crippen LogP contribution in [0, 0.1) is 5.82 Å². The summed E-state index contributed by atoms with van der Waals surface area (Å²) in [6.45, 7) is 2.54. The van der Waals surface area contributed by atoms with Crippen LogP contribution in [0.15, 0.2) is 42.7 Å². The third kappa shape index (κ3) is 3.29. The van der Waals surface area contributed by atoms with Gasteiger partial charge in [0.05, 0.1) is 18.8 Å². The van der Waals surface area contributed by atoms with Gasteiger partial charge >= 0.3 is 0 Å². The molecule has 0 radical (unpaired) electrons. The molecule has 0 aliphatic heterocycles. The number of hydrogen-bond acceptors (Lipinski definition) is 3. The summed E-state index contributed by atoms with van der Waals surface area (Å²) in [5.74, 6) is 0.502. The predicted molar refractivity (Wildman–Crippen MR) is 72.7 cm³/mol. The molecule has 19 heavy (non-hydrogen) atoms. The van der Waals surface area contributed by atoms with Crippen molar-refractivity contribution in [1.82, 2.24) is 10.3 Å². The first-order valence-corrected chi connectivity index (χ1v) is 6.25. The molecule has 2 aromatic rings. The Morgan fingerprint density at radius 2 is 1.95 bits per heavy atom. The highest BCUT2D eigenvalue weighted by Gasteiger charge is 2.13. The first kappa shape index (κ1) is 13.5. The minimum absolute atomic E-state index is 0.0338. The summed E-state index contributed by atoms with van der Waals surface area (Å²) < 4.78 is 18.4. The van der Waals surface area contributed by atoms with E-state index in [0.717, 1.165) is 16.9 Å². The van der Waals surface area contributed by atoms with Gasteiger partial charge in [-0.05, 0) is 43.3 Å². The van der Waals surface area contributed by atoms with Crippen molar-refractivity contribution in [2.45, 2.75) is 13.0 Å². The Morgan fingerprint density at radius 3 is 2.58 bits per heavy atom. The van der Waals surface area contributed by atoms with Crippen molar-refractivity contribution < 1.29 is 9.13 Å². The fourth-order valence-electron chi connectivity index (χ4n) is 2.02. The average molecular weight is 260 g/mol. The smallest absolute Gasteiger partial charge is 0.137 e. The monoisotopic (exact) mass is 260 g/mol. The number of aromatic nitrogens is 1. The molecule has 0 bridgehead atoms. The average Bonchev–Trinajstić information content (AvgIpc) is 2.43. The minimum Gasteiger partial charge on any atom is -0.492 e. The summed E-state index contributed by atoms with van der Waals surface area (Å²) in [5, 5.41) is 3.21. The van der Waals surface area contributed by atoms with Gasteiger partial charge in [-0.2, -0.15) is 0 Å². The molecule has 1 atom stereocenters. The predicted octanol–water partition coefficient (Wildman–Crippen LogP) is 2.93. The highest BCUT2D eigenvalue weighted by molar-refractivity contribution is 5.34. The van der Waals surface area contributed by atoms with Gasteiger partial charge in [-0.1, -0.05) is 12.1 Å². The number of ether oxygens (including phenoxy) is 1. The Labute approximate surface area is 112 Å². The Bertz CT molecular complexity index is 528. The van der Waals surface area contributed by atoms with Crippen LogP contribution < -0.4 is 10.1 Å². The number of hydrogen-bond donors (Lipinski definition) is 1.